The van der Waals surface area contributed by atoms with Crippen molar-refractivity contribution in [3.05, 3.63) is 29.6 Å². The number of halogens is 3. The number of alkyl halides is 3. The first-order valence-corrected chi connectivity index (χ1v) is 5.47. The number of pyridine rings is 1. The predicted molar refractivity (Wildman–Crippen MR) is 61.7 cm³/mol. The number of hydrogen-bond acceptors (Lipinski definition) is 4. The van der Waals surface area contributed by atoms with Crippen molar-refractivity contribution < 1.29 is 27.9 Å². The third-order valence-electron chi connectivity index (χ3n) is 2.33. The van der Waals surface area contributed by atoms with E-state index in [2.05, 4.69) is 4.98 Å². The molecular formula is C11H12F3N3O3. The molecule has 0 radical (unpaired) electrons. The molecule has 20 heavy (non-hydrogen) atoms. The molecule has 9 heteroatoms. The molecule has 0 aliphatic rings. The number of carboxylic acids is 1. The number of aliphatic carboxylic acids is 1. The Hall–Kier alpha value is -2.16. The third-order valence-corrected chi connectivity index (χ3v) is 2.33. The highest BCUT2D eigenvalue weighted by Crippen LogP contribution is 2.21. The molecule has 6 nitrogen and oxygen atoms in total. The van der Waals surface area contributed by atoms with E-state index in [1.165, 1.54) is 12.3 Å². The van der Waals surface area contributed by atoms with Gasteiger partial charge in [0.25, 0.3) is 5.91 Å². The van der Waals surface area contributed by atoms with Crippen LogP contribution in [0.2, 0.25) is 0 Å². The van der Waals surface area contributed by atoms with Crippen molar-refractivity contribution in [1.29, 1.82) is 0 Å². The van der Waals surface area contributed by atoms with Crippen LogP contribution in [0.3, 0.4) is 0 Å². The molecule has 1 unspecified atom stereocenters. The number of amides is 1. The normalized spacial score (nSPS) is 12.8. The minimum atomic E-state index is -4.70. The van der Waals surface area contributed by atoms with E-state index in [-0.39, 0.29) is 12.1 Å². The summed E-state index contributed by atoms with van der Waals surface area (Å²) in [7, 11) is 0. The fourth-order valence-electron chi connectivity index (χ4n) is 1.40. The summed E-state index contributed by atoms with van der Waals surface area (Å²) in [6.07, 6.45) is -3.85. The van der Waals surface area contributed by atoms with Crippen LogP contribution < -0.4 is 11.1 Å². The van der Waals surface area contributed by atoms with Gasteiger partial charge in [-0.25, -0.2) is 4.79 Å². The molecule has 1 amide bonds. The van der Waals surface area contributed by atoms with Crippen molar-refractivity contribution in [2.45, 2.75) is 25.2 Å². The Balaban J connectivity index is 2.82. The van der Waals surface area contributed by atoms with Gasteiger partial charge in [0, 0.05) is 18.9 Å². The van der Waals surface area contributed by atoms with Crippen LogP contribution in [0.4, 0.5) is 13.2 Å². The summed E-state index contributed by atoms with van der Waals surface area (Å²) in [5.74, 6) is -2.72. The number of carbonyl (C=O) groups is 2. The Morgan fingerprint density at radius 3 is 2.55 bits per heavy atom. The van der Waals surface area contributed by atoms with Gasteiger partial charge in [0.05, 0.1) is 12.0 Å². The molecule has 0 bridgehead atoms. The van der Waals surface area contributed by atoms with Crippen LogP contribution in [0, 0.1) is 0 Å². The lowest BCUT2D eigenvalue weighted by atomic mass is 10.1. The third kappa shape index (κ3) is 4.84. The molecule has 0 aromatic carbocycles. The van der Waals surface area contributed by atoms with E-state index in [0.29, 0.717) is 5.56 Å². The maximum absolute atomic E-state index is 12.2. The first-order chi connectivity index (χ1) is 9.23. The fourth-order valence-corrected chi connectivity index (χ4v) is 1.40. The zero-order chi connectivity index (χ0) is 15.3. The molecule has 110 valence electrons. The van der Waals surface area contributed by atoms with Gasteiger partial charge in [-0.15, -0.1) is 0 Å². The molecule has 1 rings (SSSR count). The van der Waals surface area contributed by atoms with Crippen LogP contribution in [0.15, 0.2) is 18.5 Å². The fraction of sp³-hybridized carbons (Fsp3) is 0.364. The first-order valence-electron chi connectivity index (χ1n) is 5.47. The summed E-state index contributed by atoms with van der Waals surface area (Å²) in [5.41, 5.74) is 5.78. The molecule has 1 aromatic heterocycles. The van der Waals surface area contributed by atoms with Crippen molar-refractivity contribution in [2.24, 2.45) is 5.73 Å². The van der Waals surface area contributed by atoms with Gasteiger partial charge in [0.15, 0.2) is 0 Å². The Labute approximate surface area is 111 Å². The Morgan fingerprint density at radius 2 is 2.05 bits per heavy atom. The molecule has 4 N–H and O–H groups in total. The van der Waals surface area contributed by atoms with Gasteiger partial charge in [-0.05, 0) is 11.6 Å². The van der Waals surface area contributed by atoms with Crippen LogP contribution >= 0.6 is 0 Å². The minimum Gasteiger partial charge on any atom is -0.480 e. The van der Waals surface area contributed by atoms with Crippen LogP contribution in [-0.4, -0.2) is 34.2 Å². The quantitative estimate of drug-likeness (QED) is 0.739. The first kappa shape index (κ1) is 15.9. The molecule has 0 aliphatic heterocycles. The van der Waals surface area contributed by atoms with Gasteiger partial charge in [0.2, 0.25) is 0 Å². The van der Waals surface area contributed by atoms with E-state index >= 15 is 0 Å². The van der Waals surface area contributed by atoms with Gasteiger partial charge in [-0.2, -0.15) is 13.2 Å². The van der Waals surface area contributed by atoms with E-state index in [1.54, 1.807) is 5.32 Å². The number of aromatic nitrogens is 1. The molecule has 0 saturated heterocycles. The Morgan fingerprint density at radius 1 is 1.40 bits per heavy atom. The second kappa shape index (κ2) is 6.33. The lowest BCUT2D eigenvalue weighted by Gasteiger charge is -2.16. The summed E-state index contributed by atoms with van der Waals surface area (Å²) in [6, 6.07) is -0.724. The van der Waals surface area contributed by atoms with Gasteiger partial charge in [-0.1, -0.05) is 0 Å². The zero-order valence-electron chi connectivity index (χ0n) is 10.1. The average molecular weight is 291 g/mol. The van der Waals surface area contributed by atoms with Gasteiger partial charge >= 0.3 is 12.1 Å². The highest BCUT2D eigenvalue weighted by molar-refractivity contribution is 5.96. The highest BCUT2D eigenvalue weighted by Gasteiger charge is 2.36. The van der Waals surface area contributed by atoms with Crippen LogP contribution in [0.5, 0.6) is 0 Å². The number of nitrogens with one attached hydrogen (secondary N) is 1. The molecule has 0 spiro atoms. The number of hydrogen-bond donors (Lipinski definition) is 3. The molecular weight excluding hydrogens is 279 g/mol. The molecule has 0 fully saturated rings. The predicted octanol–water partition coefficient (Wildman–Crippen LogP) is 0.676. The summed E-state index contributed by atoms with van der Waals surface area (Å²) in [5, 5.41) is 10.5. The molecule has 1 heterocycles. The summed E-state index contributed by atoms with van der Waals surface area (Å²) < 4.78 is 36.6. The minimum absolute atomic E-state index is 0.0543. The van der Waals surface area contributed by atoms with E-state index in [4.69, 9.17) is 10.8 Å². The second-order valence-electron chi connectivity index (χ2n) is 3.97. The molecule has 1 atom stereocenters. The smallest absolute Gasteiger partial charge is 0.391 e. The number of nitrogens with two attached hydrogens (primary N) is 1. The van der Waals surface area contributed by atoms with Crippen molar-refractivity contribution in [2.75, 3.05) is 0 Å². The number of rotatable bonds is 5. The highest BCUT2D eigenvalue weighted by atomic mass is 19.4. The van der Waals surface area contributed by atoms with E-state index in [0.717, 1.165) is 6.20 Å². The second-order valence-corrected chi connectivity index (χ2v) is 3.97. The summed E-state index contributed by atoms with van der Waals surface area (Å²) in [4.78, 5) is 26.1. The maximum atomic E-state index is 12.2. The van der Waals surface area contributed by atoms with Gasteiger partial charge in [0.1, 0.15) is 6.04 Å². The molecule has 1 aromatic rings. The van der Waals surface area contributed by atoms with Crippen molar-refractivity contribution in [3.63, 3.8) is 0 Å². The lowest BCUT2D eigenvalue weighted by Crippen LogP contribution is -2.43. The lowest BCUT2D eigenvalue weighted by molar-refractivity contribution is -0.157. The SMILES string of the molecule is NCc1cncc(C(=O)NC(CC(F)(F)F)C(=O)O)c1. The van der Waals surface area contributed by atoms with Crippen molar-refractivity contribution >= 4 is 11.9 Å². The van der Waals surface area contributed by atoms with Crippen LogP contribution in [-0.2, 0) is 11.3 Å². The largest absolute Gasteiger partial charge is 0.480 e. The van der Waals surface area contributed by atoms with Crippen LogP contribution in [0.25, 0.3) is 0 Å². The zero-order valence-corrected chi connectivity index (χ0v) is 10.1. The summed E-state index contributed by atoms with van der Waals surface area (Å²) >= 11 is 0. The molecule has 0 aliphatic carbocycles. The summed E-state index contributed by atoms with van der Waals surface area (Å²) in [6.45, 7) is 0.0963. The number of carboxylic acid groups (broad SMARTS) is 1. The van der Waals surface area contributed by atoms with E-state index < -0.39 is 30.5 Å². The average Bonchev–Trinajstić information content (AvgIpc) is 2.36. The Bertz CT molecular complexity index is 505. The van der Waals surface area contributed by atoms with E-state index in [9.17, 15) is 22.8 Å². The maximum Gasteiger partial charge on any atom is 0.391 e. The van der Waals surface area contributed by atoms with Gasteiger partial charge in [-0.3, -0.25) is 9.78 Å². The Kier molecular flexibility index (Phi) is 5.03. The van der Waals surface area contributed by atoms with Crippen molar-refractivity contribution in [3.8, 4) is 0 Å². The number of nitrogens with zero attached hydrogens (tertiary/aromatic N) is 1. The topological polar surface area (TPSA) is 105 Å². The molecule has 0 saturated carbocycles. The number of carbonyl (C=O) groups excluding carboxylic acids is 1. The van der Waals surface area contributed by atoms with E-state index in [1.807, 2.05) is 0 Å². The van der Waals surface area contributed by atoms with Gasteiger partial charge < -0.3 is 16.2 Å². The monoisotopic (exact) mass is 291 g/mol. The standard InChI is InChI=1S/C11H12F3N3O3/c12-11(13,14)2-8(10(19)20)17-9(18)7-1-6(3-15)4-16-5-7/h1,4-5,8H,2-3,15H2,(H,17,18)(H,19,20). The van der Waals surface area contributed by atoms with Crippen molar-refractivity contribution in [1.82, 2.24) is 10.3 Å². The van der Waals surface area contributed by atoms with Crippen LogP contribution in [0.1, 0.15) is 22.3 Å².